The molecule has 170 valence electrons. The van der Waals surface area contributed by atoms with E-state index < -0.39 is 0 Å². The van der Waals surface area contributed by atoms with Gasteiger partial charge in [0.05, 0.1) is 0 Å². The van der Waals surface area contributed by atoms with Crippen molar-refractivity contribution in [3.8, 4) is 0 Å². The molecule has 3 aromatic carbocycles. The molecule has 33 heavy (non-hydrogen) atoms. The van der Waals surface area contributed by atoms with Gasteiger partial charge in [0.2, 0.25) is 11.8 Å². The summed E-state index contributed by atoms with van der Waals surface area (Å²) < 4.78 is 14.2. The number of nitrogens with zero attached hydrogens (tertiary/aromatic N) is 1. The van der Waals surface area contributed by atoms with E-state index in [0.717, 1.165) is 12.8 Å². The van der Waals surface area contributed by atoms with Crippen LogP contribution in [0, 0.1) is 5.82 Å². The van der Waals surface area contributed by atoms with Gasteiger partial charge in [-0.05, 0) is 53.6 Å². The van der Waals surface area contributed by atoms with Gasteiger partial charge in [-0.2, -0.15) is 0 Å². The van der Waals surface area contributed by atoms with E-state index in [2.05, 4.69) is 35.6 Å². The van der Waals surface area contributed by atoms with Crippen molar-refractivity contribution >= 4 is 22.6 Å². The summed E-state index contributed by atoms with van der Waals surface area (Å²) in [5.74, 6) is 0.00426. The molecule has 2 amide bonds. The first-order valence-corrected chi connectivity index (χ1v) is 11.8. The average molecular weight is 445 g/mol. The molecule has 0 bridgehead atoms. The molecule has 1 N–H and O–H groups in total. The van der Waals surface area contributed by atoms with Gasteiger partial charge >= 0.3 is 0 Å². The summed E-state index contributed by atoms with van der Waals surface area (Å²) >= 11 is 0. The zero-order valence-corrected chi connectivity index (χ0v) is 18.7. The summed E-state index contributed by atoms with van der Waals surface area (Å²) in [5, 5.41) is 5.57. The van der Waals surface area contributed by atoms with Crippen molar-refractivity contribution in [1.29, 1.82) is 0 Å². The van der Waals surface area contributed by atoms with E-state index in [4.69, 9.17) is 0 Å². The van der Waals surface area contributed by atoms with Crippen molar-refractivity contribution in [2.24, 2.45) is 0 Å². The molecule has 0 aromatic heterocycles. The summed E-state index contributed by atoms with van der Waals surface area (Å²) in [5.41, 5.74) is 1.48. The fraction of sp³-hybridized carbons (Fsp3) is 0.357. The van der Waals surface area contributed by atoms with E-state index in [1.165, 1.54) is 22.4 Å². The van der Waals surface area contributed by atoms with Crippen LogP contribution in [0.3, 0.4) is 0 Å². The van der Waals surface area contributed by atoms with Crippen LogP contribution >= 0.6 is 0 Å². The number of carbonyl (C=O) groups is 2. The smallest absolute Gasteiger partial charge is 0.222 e. The van der Waals surface area contributed by atoms with Crippen LogP contribution in [0.25, 0.3) is 10.8 Å². The molecule has 2 atom stereocenters. The van der Waals surface area contributed by atoms with Crippen LogP contribution in [0.1, 0.15) is 49.1 Å². The average Bonchev–Trinajstić information content (AvgIpc) is 3.45. The lowest BCUT2D eigenvalue weighted by Gasteiger charge is -2.30. The second kappa shape index (κ2) is 8.97. The highest BCUT2D eigenvalue weighted by Crippen LogP contribution is 2.33. The molecule has 2 fully saturated rings. The van der Waals surface area contributed by atoms with Gasteiger partial charge in [0.1, 0.15) is 5.82 Å². The summed E-state index contributed by atoms with van der Waals surface area (Å²) in [6.07, 6.45) is 3.74. The third-order valence-corrected chi connectivity index (χ3v) is 7.30. The molecule has 0 aliphatic carbocycles. The minimum atomic E-state index is -0.389. The first-order valence-electron chi connectivity index (χ1n) is 11.8. The number of amides is 2. The molecule has 2 heterocycles. The number of rotatable bonds is 6. The van der Waals surface area contributed by atoms with Crippen molar-refractivity contribution in [3.05, 3.63) is 83.7 Å². The lowest BCUT2D eigenvalue weighted by atomic mass is 9.84. The van der Waals surface area contributed by atoms with Gasteiger partial charge in [-0.15, -0.1) is 0 Å². The fourth-order valence-electron chi connectivity index (χ4n) is 5.47. The first kappa shape index (κ1) is 21.6. The molecule has 5 rings (SSSR count). The molecular weight excluding hydrogens is 415 g/mol. The number of nitrogens with one attached hydrogen (secondary N) is 1. The Balaban J connectivity index is 1.25. The van der Waals surface area contributed by atoms with Crippen molar-refractivity contribution in [3.63, 3.8) is 0 Å². The third kappa shape index (κ3) is 4.63. The van der Waals surface area contributed by atoms with Gasteiger partial charge in [0, 0.05) is 37.4 Å². The minimum Gasteiger partial charge on any atom is -0.350 e. The normalized spacial score (nSPS) is 22.6. The minimum absolute atomic E-state index is 0.0490. The molecule has 2 saturated heterocycles. The van der Waals surface area contributed by atoms with E-state index in [9.17, 15) is 14.0 Å². The Bertz CT molecular complexity index is 1190. The largest absolute Gasteiger partial charge is 0.350 e. The Morgan fingerprint density at radius 1 is 1.06 bits per heavy atom. The Hall–Kier alpha value is -3.21. The second-order valence-electron chi connectivity index (χ2n) is 9.53. The summed E-state index contributed by atoms with van der Waals surface area (Å²) in [4.78, 5) is 27.0. The highest BCUT2D eigenvalue weighted by atomic mass is 19.1. The number of halogens is 1. The monoisotopic (exact) mass is 444 g/mol. The highest BCUT2D eigenvalue weighted by molar-refractivity contribution is 5.83. The van der Waals surface area contributed by atoms with Crippen LogP contribution < -0.4 is 5.32 Å². The SMILES string of the molecule is O=C1CC[C@@](CCC(=O)N2CC[C@H](c3ccccc3F)C2)(Cc2ccc3ccccc3c2)N1. The maximum Gasteiger partial charge on any atom is 0.222 e. The Morgan fingerprint density at radius 2 is 1.85 bits per heavy atom. The maximum absolute atomic E-state index is 14.2. The molecule has 0 radical (unpaired) electrons. The lowest BCUT2D eigenvalue weighted by molar-refractivity contribution is -0.131. The van der Waals surface area contributed by atoms with E-state index in [1.807, 2.05) is 29.2 Å². The zero-order chi connectivity index (χ0) is 22.8. The van der Waals surface area contributed by atoms with Crippen molar-refractivity contribution in [2.45, 2.75) is 50.0 Å². The van der Waals surface area contributed by atoms with Crippen LogP contribution in [-0.4, -0.2) is 35.3 Å². The van der Waals surface area contributed by atoms with Crippen LogP contribution in [-0.2, 0) is 16.0 Å². The predicted octanol–water partition coefficient (Wildman–Crippen LogP) is 4.97. The number of hydrogen-bond acceptors (Lipinski definition) is 2. The second-order valence-corrected chi connectivity index (χ2v) is 9.53. The van der Waals surface area contributed by atoms with E-state index in [-0.39, 0.29) is 29.1 Å². The molecule has 2 aliphatic rings. The highest BCUT2D eigenvalue weighted by Gasteiger charge is 2.39. The molecule has 3 aromatic rings. The summed E-state index contributed by atoms with van der Waals surface area (Å²) in [7, 11) is 0. The van der Waals surface area contributed by atoms with Crippen LogP contribution in [0.5, 0.6) is 0 Å². The lowest BCUT2D eigenvalue weighted by Crippen LogP contribution is -2.44. The number of likely N-dealkylation sites (tertiary alicyclic amines) is 1. The van der Waals surface area contributed by atoms with Crippen LogP contribution in [0.2, 0.25) is 0 Å². The molecule has 0 saturated carbocycles. The van der Waals surface area contributed by atoms with Gasteiger partial charge in [0.15, 0.2) is 0 Å². The standard InChI is InChI=1S/C28H29FN2O2/c29-25-8-4-3-7-24(25)23-13-16-31(19-23)27(33)12-15-28(14-11-26(32)30-28)18-20-9-10-21-5-1-2-6-22(21)17-20/h1-10,17,23H,11-16,18-19H2,(H,30,32)/t23-,28+/m0/s1. The molecular formula is C28H29FN2O2. The number of carbonyl (C=O) groups excluding carboxylic acids is 2. The van der Waals surface area contributed by atoms with E-state index in [0.29, 0.717) is 44.3 Å². The van der Waals surface area contributed by atoms with Crippen LogP contribution in [0.4, 0.5) is 4.39 Å². The quantitative estimate of drug-likeness (QED) is 0.584. The third-order valence-electron chi connectivity index (χ3n) is 7.30. The van der Waals surface area contributed by atoms with Crippen molar-refractivity contribution in [1.82, 2.24) is 10.2 Å². The summed E-state index contributed by atoms with van der Waals surface area (Å²) in [6, 6.07) is 21.5. The van der Waals surface area contributed by atoms with Crippen molar-refractivity contribution in [2.75, 3.05) is 13.1 Å². The van der Waals surface area contributed by atoms with E-state index >= 15 is 0 Å². The van der Waals surface area contributed by atoms with Gasteiger partial charge < -0.3 is 10.2 Å². The number of fused-ring (bicyclic) bond motifs is 1. The Kier molecular flexibility index (Phi) is 5.88. The number of benzene rings is 3. The maximum atomic E-state index is 14.2. The van der Waals surface area contributed by atoms with Crippen LogP contribution in [0.15, 0.2) is 66.7 Å². The Morgan fingerprint density at radius 3 is 2.64 bits per heavy atom. The summed E-state index contributed by atoms with van der Waals surface area (Å²) in [6.45, 7) is 1.21. The molecule has 0 spiro atoms. The van der Waals surface area contributed by atoms with Gasteiger partial charge in [-0.1, -0.05) is 60.7 Å². The Labute approximate surface area is 193 Å². The topological polar surface area (TPSA) is 49.4 Å². The molecule has 5 heteroatoms. The zero-order valence-electron chi connectivity index (χ0n) is 18.7. The number of hydrogen-bond donors (Lipinski definition) is 1. The first-order chi connectivity index (χ1) is 16.0. The van der Waals surface area contributed by atoms with Gasteiger partial charge in [-0.25, -0.2) is 4.39 Å². The van der Waals surface area contributed by atoms with Gasteiger partial charge in [0.25, 0.3) is 0 Å². The molecule has 0 unspecified atom stereocenters. The predicted molar refractivity (Wildman–Crippen MR) is 127 cm³/mol. The van der Waals surface area contributed by atoms with Crippen molar-refractivity contribution < 1.29 is 14.0 Å². The molecule has 2 aliphatic heterocycles. The van der Waals surface area contributed by atoms with Gasteiger partial charge in [-0.3, -0.25) is 9.59 Å². The molecule has 4 nitrogen and oxygen atoms in total. The fourth-order valence-corrected chi connectivity index (χ4v) is 5.47. The van der Waals surface area contributed by atoms with E-state index in [1.54, 1.807) is 6.07 Å².